The first-order valence-corrected chi connectivity index (χ1v) is 8.60. The van der Waals surface area contributed by atoms with E-state index >= 15 is 0 Å². The third kappa shape index (κ3) is 5.23. The van der Waals surface area contributed by atoms with Crippen molar-refractivity contribution in [1.29, 1.82) is 0 Å². The Labute approximate surface area is 143 Å². The van der Waals surface area contributed by atoms with Crippen LogP contribution in [0.25, 0.3) is 0 Å². The minimum absolute atomic E-state index is 0.117. The molecule has 4 N–H and O–H groups in total. The van der Waals surface area contributed by atoms with Crippen molar-refractivity contribution in [1.82, 2.24) is 10.2 Å². The van der Waals surface area contributed by atoms with Crippen molar-refractivity contribution >= 4 is 17.6 Å². The van der Waals surface area contributed by atoms with Gasteiger partial charge in [-0.05, 0) is 37.8 Å². The third-order valence-electron chi connectivity index (χ3n) is 4.47. The number of anilines is 1. The molecule has 1 heterocycles. The number of piperidine rings is 1. The second-order valence-corrected chi connectivity index (χ2v) is 6.63. The van der Waals surface area contributed by atoms with E-state index in [0.717, 1.165) is 30.6 Å². The molecule has 0 bridgehead atoms. The molecule has 0 saturated carbocycles. The smallest absolute Gasteiger partial charge is 0.319 e. The van der Waals surface area contributed by atoms with E-state index in [1.807, 2.05) is 43.0 Å². The standard InChI is InChI=1S/C18H28N4O2/c1-13-5-7-16(8-6-13)21-18(24)20-11-15-4-3-9-22(12-15)17(23)14(2)10-19/h5-8,14-15H,3-4,9-12,19H2,1-2H3,(H2,20,21,24). The molecule has 2 rings (SSSR count). The van der Waals surface area contributed by atoms with Gasteiger partial charge in [0.1, 0.15) is 0 Å². The second-order valence-electron chi connectivity index (χ2n) is 6.63. The van der Waals surface area contributed by atoms with E-state index in [1.54, 1.807) is 0 Å². The molecule has 0 radical (unpaired) electrons. The van der Waals surface area contributed by atoms with Crippen LogP contribution >= 0.6 is 0 Å². The number of aryl methyl sites for hydroxylation is 1. The fourth-order valence-electron chi connectivity index (χ4n) is 2.89. The predicted octanol–water partition coefficient (Wildman–Crippen LogP) is 1.95. The number of hydrogen-bond acceptors (Lipinski definition) is 3. The van der Waals surface area contributed by atoms with Crippen molar-refractivity contribution in [3.05, 3.63) is 29.8 Å². The van der Waals surface area contributed by atoms with Crippen LogP contribution in [0.2, 0.25) is 0 Å². The summed E-state index contributed by atoms with van der Waals surface area (Å²) < 4.78 is 0. The van der Waals surface area contributed by atoms with Gasteiger partial charge in [0.15, 0.2) is 0 Å². The molecule has 2 unspecified atom stereocenters. The number of amides is 3. The van der Waals surface area contributed by atoms with Crippen molar-refractivity contribution in [3.8, 4) is 0 Å². The van der Waals surface area contributed by atoms with Crippen molar-refractivity contribution in [2.45, 2.75) is 26.7 Å². The van der Waals surface area contributed by atoms with Gasteiger partial charge in [-0.15, -0.1) is 0 Å². The number of hydrogen-bond donors (Lipinski definition) is 3. The summed E-state index contributed by atoms with van der Waals surface area (Å²) in [6, 6.07) is 7.46. The fourth-order valence-corrected chi connectivity index (χ4v) is 2.89. The highest BCUT2D eigenvalue weighted by atomic mass is 16.2. The topological polar surface area (TPSA) is 87.5 Å². The minimum atomic E-state index is -0.211. The average Bonchev–Trinajstić information content (AvgIpc) is 2.61. The van der Waals surface area contributed by atoms with Crippen LogP contribution in [0.4, 0.5) is 10.5 Å². The molecule has 0 aliphatic carbocycles. The lowest BCUT2D eigenvalue weighted by Gasteiger charge is -2.34. The number of urea groups is 1. The summed E-state index contributed by atoms with van der Waals surface area (Å²) >= 11 is 0. The zero-order valence-electron chi connectivity index (χ0n) is 14.5. The van der Waals surface area contributed by atoms with Gasteiger partial charge in [-0.2, -0.15) is 0 Å². The Hall–Kier alpha value is -2.08. The van der Waals surface area contributed by atoms with E-state index in [2.05, 4.69) is 10.6 Å². The number of carbonyl (C=O) groups is 2. The molecule has 0 aromatic heterocycles. The molecule has 132 valence electrons. The van der Waals surface area contributed by atoms with Gasteiger partial charge in [0.25, 0.3) is 0 Å². The fraction of sp³-hybridized carbons (Fsp3) is 0.556. The van der Waals surface area contributed by atoms with Gasteiger partial charge in [-0.25, -0.2) is 4.79 Å². The van der Waals surface area contributed by atoms with Gasteiger partial charge in [0.05, 0.1) is 0 Å². The maximum Gasteiger partial charge on any atom is 0.319 e. The third-order valence-corrected chi connectivity index (χ3v) is 4.47. The van der Waals surface area contributed by atoms with Gasteiger partial charge < -0.3 is 21.3 Å². The highest BCUT2D eigenvalue weighted by Gasteiger charge is 2.26. The van der Waals surface area contributed by atoms with Crippen LogP contribution in [0, 0.1) is 18.8 Å². The molecular weight excluding hydrogens is 304 g/mol. The first-order chi connectivity index (χ1) is 11.5. The molecule has 1 aromatic carbocycles. The first-order valence-electron chi connectivity index (χ1n) is 8.60. The van der Waals surface area contributed by atoms with E-state index in [9.17, 15) is 9.59 Å². The summed E-state index contributed by atoms with van der Waals surface area (Å²) in [5.74, 6) is 0.268. The van der Waals surface area contributed by atoms with Crippen LogP contribution in [0.1, 0.15) is 25.3 Å². The Kier molecular flexibility index (Phi) is 6.61. The molecule has 1 fully saturated rings. The Bertz CT molecular complexity index is 559. The van der Waals surface area contributed by atoms with Crippen molar-refractivity contribution < 1.29 is 9.59 Å². The van der Waals surface area contributed by atoms with Crippen LogP contribution in [0.15, 0.2) is 24.3 Å². The molecule has 6 heteroatoms. The molecule has 6 nitrogen and oxygen atoms in total. The Morgan fingerprint density at radius 3 is 2.71 bits per heavy atom. The number of nitrogens with one attached hydrogen (secondary N) is 2. The lowest BCUT2D eigenvalue weighted by molar-refractivity contribution is -0.136. The quantitative estimate of drug-likeness (QED) is 0.770. The van der Waals surface area contributed by atoms with Crippen LogP contribution in [0.5, 0.6) is 0 Å². The van der Waals surface area contributed by atoms with Crippen LogP contribution < -0.4 is 16.4 Å². The summed E-state index contributed by atoms with van der Waals surface area (Å²) in [7, 11) is 0. The van der Waals surface area contributed by atoms with Gasteiger partial charge in [-0.1, -0.05) is 24.6 Å². The number of likely N-dealkylation sites (tertiary alicyclic amines) is 1. The number of rotatable bonds is 5. The highest BCUT2D eigenvalue weighted by Crippen LogP contribution is 2.17. The molecule has 3 amide bonds. The maximum absolute atomic E-state index is 12.2. The lowest BCUT2D eigenvalue weighted by Crippen LogP contribution is -2.46. The van der Waals surface area contributed by atoms with E-state index in [1.165, 1.54) is 0 Å². The van der Waals surface area contributed by atoms with Crippen molar-refractivity contribution in [3.63, 3.8) is 0 Å². The summed E-state index contributed by atoms with van der Waals surface area (Å²) in [6.07, 6.45) is 1.99. The van der Waals surface area contributed by atoms with E-state index in [4.69, 9.17) is 5.73 Å². The predicted molar refractivity (Wildman–Crippen MR) is 95.7 cm³/mol. The molecule has 2 atom stereocenters. The number of carbonyl (C=O) groups excluding carboxylic acids is 2. The maximum atomic E-state index is 12.2. The molecule has 1 aliphatic heterocycles. The molecule has 0 spiro atoms. The van der Waals surface area contributed by atoms with E-state index < -0.39 is 0 Å². The Morgan fingerprint density at radius 1 is 1.33 bits per heavy atom. The normalized spacial score (nSPS) is 18.8. The largest absolute Gasteiger partial charge is 0.342 e. The molecule has 24 heavy (non-hydrogen) atoms. The molecular formula is C18H28N4O2. The summed E-state index contributed by atoms with van der Waals surface area (Å²) in [6.45, 7) is 6.28. The van der Waals surface area contributed by atoms with Gasteiger partial charge in [-0.3, -0.25) is 4.79 Å². The van der Waals surface area contributed by atoms with Gasteiger partial charge in [0.2, 0.25) is 5.91 Å². The molecule has 1 aliphatic rings. The first kappa shape index (κ1) is 18.3. The van der Waals surface area contributed by atoms with E-state index in [-0.39, 0.29) is 23.8 Å². The highest BCUT2D eigenvalue weighted by molar-refractivity contribution is 5.89. The Balaban J connectivity index is 1.77. The zero-order chi connectivity index (χ0) is 17.5. The van der Waals surface area contributed by atoms with Crippen LogP contribution in [-0.4, -0.2) is 43.0 Å². The van der Waals surface area contributed by atoms with Crippen molar-refractivity contribution in [2.24, 2.45) is 17.6 Å². The van der Waals surface area contributed by atoms with E-state index in [0.29, 0.717) is 19.6 Å². The molecule has 1 aromatic rings. The van der Waals surface area contributed by atoms with Crippen LogP contribution in [0.3, 0.4) is 0 Å². The zero-order valence-corrected chi connectivity index (χ0v) is 14.5. The summed E-state index contributed by atoms with van der Waals surface area (Å²) in [5, 5.41) is 5.73. The number of benzene rings is 1. The van der Waals surface area contributed by atoms with Gasteiger partial charge in [0, 0.05) is 37.8 Å². The number of nitrogens with two attached hydrogens (primary N) is 1. The minimum Gasteiger partial charge on any atom is -0.342 e. The van der Waals surface area contributed by atoms with Crippen molar-refractivity contribution in [2.75, 3.05) is 31.5 Å². The second kappa shape index (κ2) is 8.68. The molecule has 1 saturated heterocycles. The lowest BCUT2D eigenvalue weighted by atomic mass is 9.96. The van der Waals surface area contributed by atoms with Crippen LogP contribution in [-0.2, 0) is 4.79 Å². The average molecular weight is 332 g/mol. The van der Waals surface area contributed by atoms with Gasteiger partial charge >= 0.3 is 6.03 Å². The summed E-state index contributed by atoms with van der Waals surface area (Å²) in [4.78, 5) is 26.1. The Morgan fingerprint density at radius 2 is 2.04 bits per heavy atom. The number of nitrogens with zero attached hydrogens (tertiary/aromatic N) is 1. The monoisotopic (exact) mass is 332 g/mol. The SMILES string of the molecule is Cc1ccc(NC(=O)NCC2CCCN(C(=O)C(C)CN)C2)cc1. The summed E-state index contributed by atoms with van der Waals surface area (Å²) in [5.41, 5.74) is 7.51.